The van der Waals surface area contributed by atoms with Crippen molar-refractivity contribution >= 4 is 28.4 Å². The summed E-state index contributed by atoms with van der Waals surface area (Å²) >= 11 is 0. The molecule has 2 saturated heterocycles. The van der Waals surface area contributed by atoms with Crippen LogP contribution in [0.15, 0.2) is 59.7 Å². The number of amides is 2. The second-order valence-corrected chi connectivity index (χ2v) is 8.39. The maximum Gasteiger partial charge on any atom is 0.261 e. The maximum atomic E-state index is 13.7. The third-order valence-corrected chi connectivity index (χ3v) is 6.88. The summed E-state index contributed by atoms with van der Waals surface area (Å²) in [5.74, 6) is -0.543. The van der Waals surface area contributed by atoms with Crippen molar-refractivity contribution < 1.29 is 14.7 Å². The van der Waals surface area contributed by atoms with E-state index in [9.17, 15) is 19.5 Å². The Morgan fingerprint density at radius 3 is 2.61 bits per heavy atom. The van der Waals surface area contributed by atoms with Crippen molar-refractivity contribution in [3.8, 4) is 0 Å². The van der Waals surface area contributed by atoms with Gasteiger partial charge in [-0.2, -0.15) is 0 Å². The molecular formula is C23H20N4O4. The van der Waals surface area contributed by atoms with Gasteiger partial charge in [-0.25, -0.2) is 4.98 Å². The molecule has 0 radical (unpaired) electrons. The fraction of sp³-hybridized carbons (Fsp3) is 0.304. The van der Waals surface area contributed by atoms with Crippen LogP contribution in [-0.2, 0) is 15.2 Å². The minimum Gasteiger partial charge on any atom is -0.381 e. The summed E-state index contributed by atoms with van der Waals surface area (Å²) in [6, 6.07) is 12.5. The van der Waals surface area contributed by atoms with Crippen LogP contribution in [0.3, 0.4) is 0 Å². The van der Waals surface area contributed by atoms with Gasteiger partial charge in [0.1, 0.15) is 23.9 Å². The number of aliphatic hydroxyl groups is 1. The van der Waals surface area contributed by atoms with E-state index < -0.39 is 23.9 Å². The Bertz CT molecular complexity index is 1330. The number of hydrogen-bond donors (Lipinski definition) is 1. The van der Waals surface area contributed by atoms with Crippen LogP contribution in [0, 0.1) is 0 Å². The molecule has 4 atom stereocenters. The van der Waals surface area contributed by atoms with Crippen LogP contribution in [0.2, 0.25) is 0 Å². The van der Waals surface area contributed by atoms with E-state index in [2.05, 4.69) is 4.98 Å². The highest BCUT2D eigenvalue weighted by Crippen LogP contribution is 2.55. The first kappa shape index (κ1) is 18.3. The van der Waals surface area contributed by atoms with Crippen LogP contribution in [0.5, 0.6) is 0 Å². The van der Waals surface area contributed by atoms with Crippen LogP contribution >= 0.6 is 0 Å². The van der Waals surface area contributed by atoms with E-state index in [1.54, 1.807) is 47.4 Å². The molecule has 2 aromatic carbocycles. The zero-order valence-electron chi connectivity index (χ0n) is 16.8. The van der Waals surface area contributed by atoms with Gasteiger partial charge in [0, 0.05) is 12.0 Å². The lowest BCUT2D eigenvalue weighted by Gasteiger charge is -2.45. The molecule has 0 aliphatic carbocycles. The van der Waals surface area contributed by atoms with Crippen molar-refractivity contribution in [1.29, 1.82) is 0 Å². The highest BCUT2D eigenvalue weighted by Gasteiger charge is 2.67. The van der Waals surface area contributed by atoms with Gasteiger partial charge in [0.2, 0.25) is 5.91 Å². The molecule has 3 aromatic rings. The van der Waals surface area contributed by atoms with E-state index in [-0.39, 0.29) is 23.8 Å². The number of carbonyl (C=O) groups excluding carboxylic acids is 2. The fourth-order valence-corrected chi connectivity index (χ4v) is 5.52. The Labute approximate surface area is 177 Å². The van der Waals surface area contributed by atoms with E-state index in [1.807, 2.05) is 13.0 Å². The lowest BCUT2D eigenvalue weighted by Crippen LogP contribution is -2.61. The molecule has 6 rings (SSSR count). The highest BCUT2D eigenvalue weighted by molar-refractivity contribution is 6.07. The van der Waals surface area contributed by atoms with Crippen molar-refractivity contribution in [1.82, 2.24) is 14.5 Å². The molecule has 8 nitrogen and oxygen atoms in total. The van der Waals surface area contributed by atoms with Gasteiger partial charge in [0.05, 0.1) is 22.9 Å². The van der Waals surface area contributed by atoms with Gasteiger partial charge in [-0.1, -0.05) is 37.3 Å². The molecule has 0 bridgehead atoms. The monoisotopic (exact) mass is 416 g/mol. The molecule has 1 aromatic heterocycles. The van der Waals surface area contributed by atoms with Crippen molar-refractivity contribution in [3.63, 3.8) is 0 Å². The molecule has 156 valence electrons. The summed E-state index contributed by atoms with van der Waals surface area (Å²) in [5.41, 5.74) is -0.0399. The maximum absolute atomic E-state index is 13.7. The number of nitrogens with zero attached hydrogens (tertiary/aromatic N) is 4. The van der Waals surface area contributed by atoms with Gasteiger partial charge in [-0.3, -0.25) is 23.9 Å². The molecule has 3 aliphatic rings. The van der Waals surface area contributed by atoms with Crippen LogP contribution < -0.4 is 10.5 Å². The average molecular weight is 416 g/mol. The minimum absolute atomic E-state index is 0.00977. The number of anilines is 1. The van der Waals surface area contributed by atoms with Gasteiger partial charge >= 0.3 is 0 Å². The Hall–Kier alpha value is -3.52. The second-order valence-electron chi connectivity index (χ2n) is 8.39. The summed E-state index contributed by atoms with van der Waals surface area (Å²) in [6.45, 7) is 1.84. The van der Waals surface area contributed by atoms with Crippen LogP contribution in [0.1, 0.15) is 31.4 Å². The lowest BCUT2D eigenvalue weighted by atomic mass is 9.82. The minimum atomic E-state index is -1.47. The quantitative estimate of drug-likeness (QED) is 0.684. The molecular weight excluding hydrogens is 396 g/mol. The van der Waals surface area contributed by atoms with Crippen LogP contribution in [0.25, 0.3) is 10.9 Å². The Morgan fingerprint density at radius 1 is 1.06 bits per heavy atom. The Morgan fingerprint density at radius 2 is 1.81 bits per heavy atom. The third kappa shape index (κ3) is 2.12. The summed E-state index contributed by atoms with van der Waals surface area (Å²) in [5, 5.41) is 12.3. The Balaban J connectivity index is 1.57. The average Bonchev–Trinajstić information content (AvgIpc) is 3.23. The van der Waals surface area contributed by atoms with E-state index in [4.69, 9.17) is 0 Å². The van der Waals surface area contributed by atoms with Gasteiger partial charge in [0.25, 0.3) is 11.5 Å². The number of hydrogen-bond acceptors (Lipinski definition) is 5. The lowest BCUT2D eigenvalue weighted by molar-refractivity contribution is -0.159. The fourth-order valence-electron chi connectivity index (χ4n) is 5.52. The molecule has 2 fully saturated rings. The largest absolute Gasteiger partial charge is 0.381 e. The topological polar surface area (TPSA) is 95.7 Å². The number of rotatable bonds is 2. The predicted octanol–water partition coefficient (Wildman–Crippen LogP) is 1.52. The number of para-hydroxylation sites is 2. The molecule has 0 spiro atoms. The number of fused-ring (bicyclic) bond motifs is 4. The Kier molecular flexibility index (Phi) is 3.54. The molecule has 3 aliphatic heterocycles. The molecule has 1 N–H and O–H groups in total. The SMILES string of the molecule is CCC1C(=O)N2c3ccccc3C3(O)CC(n4cnc5ccccc5c4=O)C(=O)N1C23. The first-order chi connectivity index (χ1) is 15.0. The van der Waals surface area contributed by atoms with E-state index in [0.717, 1.165) is 0 Å². The first-order valence-corrected chi connectivity index (χ1v) is 10.4. The standard InChI is InChI=1S/C23H20N4O4/c1-2-16-20(29)27-17-10-6-4-8-14(17)23(31)11-18(21(30)26(16)22(23)27)25-12-24-15-9-5-3-7-13(15)19(25)28/h3-10,12,16,18,22,31H,2,11H2,1H3. The number of benzene rings is 2. The zero-order chi connectivity index (χ0) is 21.5. The zero-order valence-corrected chi connectivity index (χ0v) is 16.8. The van der Waals surface area contributed by atoms with Crippen molar-refractivity contribution in [2.24, 2.45) is 0 Å². The number of piperidine rings is 1. The second kappa shape index (κ2) is 6.01. The van der Waals surface area contributed by atoms with Gasteiger partial charge < -0.3 is 10.0 Å². The van der Waals surface area contributed by atoms with E-state index in [0.29, 0.717) is 28.6 Å². The molecule has 2 amide bonds. The van der Waals surface area contributed by atoms with Gasteiger partial charge in [-0.05, 0) is 24.6 Å². The van der Waals surface area contributed by atoms with Crippen LogP contribution in [0.4, 0.5) is 5.69 Å². The smallest absolute Gasteiger partial charge is 0.261 e. The number of carbonyl (C=O) groups is 2. The molecule has 4 unspecified atom stereocenters. The van der Waals surface area contributed by atoms with E-state index in [1.165, 1.54) is 15.8 Å². The summed E-state index contributed by atoms with van der Waals surface area (Å²) < 4.78 is 1.31. The van der Waals surface area contributed by atoms with Crippen LogP contribution in [-0.4, -0.2) is 43.6 Å². The summed E-state index contributed by atoms with van der Waals surface area (Å²) in [7, 11) is 0. The molecule has 0 saturated carbocycles. The molecule has 4 heterocycles. The first-order valence-electron chi connectivity index (χ1n) is 10.4. The van der Waals surface area contributed by atoms with E-state index >= 15 is 0 Å². The highest BCUT2D eigenvalue weighted by atomic mass is 16.3. The third-order valence-electron chi connectivity index (χ3n) is 6.88. The van der Waals surface area contributed by atoms with Gasteiger partial charge in [-0.15, -0.1) is 0 Å². The predicted molar refractivity (Wildman–Crippen MR) is 112 cm³/mol. The van der Waals surface area contributed by atoms with Crippen molar-refractivity contribution in [3.05, 3.63) is 70.8 Å². The van der Waals surface area contributed by atoms with Gasteiger partial charge in [0.15, 0.2) is 0 Å². The number of aromatic nitrogens is 2. The van der Waals surface area contributed by atoms with Crippen molar-refractivity contribution in [2.75, 3.05) is 4.90 Å². The summed E-state index contributed by atoms with van der Waals surface area (Å²) in [6.07, 6.45) is 0.988. The summed E-state index contributed by atoms with van der Waals surface area (Å²) in [4.78, 5) is 47.5. The normalized spacial score (nSPS) is 28.9. The van der Waals surface area contributed by atoms with Crippen molar-refractivity contribution in [2.45, 2.75) is 43.6 Å². The molecule has 8 heteroatoms. The molecule has 31 heavy (non-hydrogen) atoms.